The molecule has 0 fully saturated rings. The highest BCUT2D eigenvalue weighted by Gasteiger charge is 2.09. The third-order valence-electron chi connectivity index (χ3n) is 3.63. The number of H-pyrrole nitrogens is 1. The van der Waals surface area contributed by atoms with E-state index in [1.807, 2.05) is 35.0 Å². The second-order valence-electron chi connectivity index (χ2n) is 4.98. The lowest BCUT2D eigenvalue weighted by molar-refractivity contribution is -0.120. The number of imidazole rings is 1. The molecular weight excluding hydrogens is 264 g/mol. The smallest absolute Gasteiger partial charge is 0.224 e. The molecule has 2 N–H and O–H groups in total. The molecule has 0 aliphatic rings. The summed E-state index contributed by atoms with van der Waals surface area (Å²) in [5.74, 6) is 0.0172. The first-order valence-electron chi connectivity index (χ1n) is 7.08. The van der Waals surface area contributed by atoms with E-state index in [0.29, 0.717) is 13.0 Å². The normalized spacial score (nSPS) is 10.9. The zero-order valence-electron chi connectivity index (χ0n) is 12.0. The molecule has 108 valence electrons. The summed E-state index contributed by atoms with van der Waals surface area (Å²) in [7, 11) is 0. The Labute approximate surface area is 123 Å². The maximum Gasteiger partial charge on any atom is 0.224 e. The quantitative estimate of drug-likeness (QED) is 0.754. The molecule has 0 saturated carbocycles. The standard InChI is InChI=1S/C16H18N4O/c1-2-20-11-17-9-13(20)10-19-16(21)7-12-8-18-15-6-4-3-5-14(12)15/h3-6,8-9,11,18H,2,7,10H2,1H3,(H,19,21). The van der Waals surface area contributed by atoms with Crippen LogP contribution in [0.1, 0.15) is 18.2 Å². The lowest BCUT2D eigenvalue weighted by Crippen LogP contribution is -2.25. The number of aromatic nitrogens is 3. The Morgan fingerprint density at radius 2 is 2.24 bits per heavy atom. The van der Waals surface area contributed by atoms with Crippen LogP contribution in [0, 0.1) is 0 Å². The number of para-hydroxylation sites is 1. The largest absolute Gasteiger partial charge is 0.361 e. The zero-order valence-corrected chi connectivity index (χ0v) is 12.0. The van der Waals surface area contributed by atoms with Crippen molar-refractivity contribution in [1.82, 2.24) is 19.9 Å². The van der Waals surface area contributed by atoms with Gasteiger partial charge in [0.1, 0.15) is 0 Å². The second kappa shape index (κ2) is 5.83. The van der Waals surface area contributed by atoms with Crippen molar-refractivity contribution in [3.63, 3.8) is 0 Å². The number of aromatic amines is 1. The van der Waals surface area contributed by atoms with Crippen molar-refractivity contribution in [2.24, 2.45) is 0 Å². The maximum absolute atomic E-state index is 12.1. The van der Waals surface area contributed by atoms with Gasteiger partial charge < -0.3 is 14.9 Å². The van der Waals surface area contributed by atoms with Crippen LogP contribution in [0.4, 0.5) is 0 Å². The van der Waals surface area contributed by atoms with Gasteiger partial charge in [-0.15, -0.1) is 0 Å². The molecule has 0 atom stereocenters. The average Bonchev–Trinajstić information content (AvgIpc) is 3.12. The van der Waals surface area contributed by atoms with Gasteiger partial charge in [0, 0.05) is 29.8 Å². The zero-order chi connectivity index (χ0) is 14.7. The Morgan fingerprint density at radius 3 is 3.10 bits per heavy atom. The number of hydrogen-bond acceptors (Lipinski definition) is 2. The molecule has 3 rings (SSSR count). The van der Waals surface area contributed by atoms with E-state index in [0.717, 1.165) is 28.7 Å². The lowest BCUT2D eigenvalue weighted by Gasteiger charge is -2.07. The van der Waals surface area contributed by atoms with E-state index in [-0.39, 0.29) is 5.91 Å². The molecule has 0 aliphatic heterocycles. The predicted molar refractivity (Wildman–Crippen MR) is 81.8 cm³/mol. The van der Waals surface area contributed by atoms with Crippen LogP contribution in [0.15, 0.2) is 43.0 Å². The Balaban J connectivity index is 1.64. The number of fused-ring (bicyclic) bond motifs is 1. The summed E-state index contributed by atoms with van der Waals surface area (Å²) in [6, 6.07) is 8.00. The fourth-order valence-corrected chi connectivity index (χ4v) is 2.48. The number of aryl methyl sites for hydroxylation is 1. The summed E-state index contributed by atoms with van der Waals surface area (Å²) < 4.78 is 2.02. The van der Waals surface area contributed by atoms with Crippen LogP contribution in [-0.2, 0) is 24.3 Å². The highest BCUT2D eigenvalue weighted by atomic mass is 16.1. The van der Waals surface area contributed by atoms with Gasteiger partial charge in [-0.2, -0.15) is 0 Å². The molecule has 21 heavy (non-hydrogen) atoms. The molecule has 0 radical (unpaired) electrons. The molecule has 1 aromatic carbocycles. The van der Waals surface area contributed by atoms with Gasteiger partial charge in [-0.05, 0) is 18.6 Å². The molecule has 2 aromatic heterocycles. The Kier molecular flexibility index (Phi) is 3.73. The molecule has 3 aromatic rings. The molecule has 0 bridgehead atoms. The number of nitrogens with one attached hydrogen (secondary N) is 2. The first-order chi connectivity index (χ1) is 10.3. The Bertz CT molecular complexity index is 756. The first-order valence-corrected chi connectivity index (χ1v) is 7.08. The van der Waals surface area contributed by atoms with Crippen LogP contribution in [0.3, 0.4) is 0 Å². The van der Waals surface area contributed by atoms with Crippen molar-refractivity contribution >= 4 is 16.8 Å². The highest BCUT2D eigenvalue weighted by molar-refractivity contribution is 5.88. The predicted octanol–water partition coefficient (Wildman–Crippen LogP) is 2.24. The molecular formula is C16H18N4O. The van der Waals surface area contributed by atoms with Gasteiger partial charge in [-0.1, -0.05) is 18.2 Å². The SMILES string of the molecule is CCn1cncc1CNC(=O)Cc1c[nH]c2ccccc12. The third-order valence-corrected chi connectivity index (χ3v) is 3.63. The monoisotopic (exact) mass is 282 g/mol. The Hall–Kier alpha value is -2.56. The van der Waals surface area contributed by atoms with Crippen LogP contribution in [-0.4, -0.2) is 20.4 Å². The van der Waals surface area contributed by atoms with Crippen molar-refractivity contribution in [2.45, 2.75) is 26.4 Å². The number of hydrogen-bond donors (Lipinski definition) is 2. The van der Waals surface area contributed by atoms with E-state index in [2.05, 4.69) is 22.2 Å². The van der Waals surface area contributed by atoms with Gasteiger partial charge >= 0.3 is 0 Å². The Morgan fingerprint density at radius 1 is 1.38 bits per heavy atom. The molecule has 0 saturated heterocycles. The maximum atomic E-state index is 12.1. The lowest BCUT2D eigenvalue weighted by atomic mass is 10.1. The minimum absolute atomic E-state index is 0.0172. The second-order valence-corrected chi connectivity index (χ2v) is 4.98. The van der Waals surface area contributed by atoms with E-state index in [9.17, 15) is 4.79 Å². The summed E-state index contributed by atoms with van der Waals surface area (Å²) in [4.78, 5) is 19.4. The summed E-state index contributed by atoms with van der Waals surface area (Å²) in [5.41, 5.74) is 3.10. The van der Waals surface area contributed by atoms with Crippen molar-refractivity contribution in [2.75, 3.05) is 0 Å². The topological polar surface area (TPSA) is 62.7 Å². The van der Waals surface area contributed by atoms with Crippen molar-refractivity contribution in [1.29, 1.82) is 0 Å². The molecule has 0 spiro atoms. The number of carbonyl (C=O) groups excluding carboxylic acids is 1. The summed E-state index contributed by atoms with van der Waals surface area (Å²) in [5, 5.41) is 4.05. The average molecular weight is 282 g/mol. The molecule has 1 amide bonds. The van der Waals surface area contributed by atoms with E-state index in [4.69, 9.17) is 0 Å². The van der Waals surface area contributed by atoms with Crippen molar-refractivity contribution in [3.8, 4) is 0 Å². The number of nitrogens with zero attached hydrogens (tertiary/aromatic N) is 2. The fraction of sp³-hybridized carbons (Fsp3) is 0.250. The third kappa shape index (κ3) is 2.81. The van der Waals surface area contributed by atoms with Crippen LogP contribution < -0.4 is 5.32 Å². The summed E-state index contributed by atoms with van der Waals surface area (Å²) in [6.45, 7) is 3.42. The van der Waals surface area contributed by atoms with Crippen LogP contribution in [0.25, 0.3) is 10.9 Å². The van der Waals surface area contributed by atoms with Crippen LogP contribution in [0.2, 0.25) is 0 Å². The van der Waals surface area contributed by atoms with E-state index < -0.39 is 0 Å². The molecule has 0 aliphatic carbocycles. The summed E-state index contributed by atoms with van der Waals surface area (Å²) in [6.07, 6.45) is 5.85. The number of benzene rings is 1. The van der Waals surface area contributed by atoms with Gasteiger partial charge in [0.05, 0.1) is 25.0 Å². The molecule has 5 heteroatoms. The van der Waals surface area contributed by atoms with Crippen molar-refractivity contribution < 1.29 is 4.79 Å². The minimum atomic E-state index is 0.0172. The van der Waals surface area contributed by atoms with E-state index in [1.54, 1.807) is 12.5 Å². The number of amides is 1. The van der Waals surface area contributed by atoms with Crippen LogP contribution >= 0.6 is 0 Å². The molecule has 0 unspecified atom stereocenters. The van der Waals surface area contributed by atoms with Crippen molar-refractivity contribution in [3.05, 3.63) is 54.2 Å². The van der Waals surface area contributed by atoms with Gasteiger partial charge in [0.25, 0.3) is 0 Å². The van der Waals surface area contributed by atoms with E-state index in [1.165, 1.54) is 0 Å². The molecule has 5 nitrogen and oxygen atoms in total. The molecule has 2 heterocycles. The van der Waals surface area contributed by atoms with Crippen LogP contribution in [0.5, 0.6) is 0 Å². The van der Waals surface area contributed by atoms with E-state index >= 15 is 0 Å². The highest BCUT2D eigenvalue weighted by Crippen LogP contribution is 2.17. The van der Waals surface area contributed by atoms with Gasteiger partial charge in [0.2, 0.25) is 5.91 Å². The first kappa shape index (κ1) is 13.4. The van der Waals surface area contributed by atoms with Gasteiger partial charge in [-0.3, -0.25) is 4.79 Å². The minimum Gasteiger partial charge on any atom is -0.361 e. The number of rotatable bonds is 5. The van der Waals surface area contributed by atoms with Gasteiger partial charge in [0.15, 0.2) is 0 Å². The van der Waals surface area contributed by atoms with Gasteiger partial charge in [-0.25, -0.2) is 4.98 Å². The fourth-order valence-electron chi connectivity index (χ4n) is 2.48. The summed E-state index contributed by atoms with van der Waals surface area (Å²) >= 11 is 0. The number of carbonyl (C=O) groups is 1.